The average molecular weight is 391 g/mol. The Labute approximate surface area is 167 Å². The minimum Gasteiger partial charge on any atom is -0.463 e. The lowest BCUT2D eigenvalue weighted by atomic mass is 10.1. The predicted octanol–water partition coefficient (Wildman–Crippen LogP) is 4.51. The zero-order valence-corrected chi connectivity index (χ0v) is 16.6. The summed E-state index contributed by atoms with van der Waals surface area (Å²) in [5, 5.41) is 8.75. The van der Waals surface area contributed by atoms with Gasteiger partial charge in [-0.1, -0.05) is 60.3 Å². The van der Waals surface area contributed by atoms with E-state index in [0.29, 0.717) is 27.5 Å². The normalized spacial score (nSPS) is 12.4. The first kappa shape index (κ1) is 19.6. The highest BCUT2D eigenvalue weighted by Crippen LogP contribution is 2.17. The molecule has 0 radical (unpaired) electrons. The summed E-state index contributed by atoms with van der Waals surface area (Å²) in [6.07, 6.45) is 6.80. The Morgan fingerprint density at radius 1 is 1.21 bits per heavy atom. The molecule has 2 N–H and O–H groups in total. The quantitative estimate of drug-likeness (QED) is 0.394. The highest BCUT2D eigenvalue weighted by molar-refractivity contribution is 8.13. The lowest BCUT2D eigenvalue weighted by Gasteiger charge is -2.03. The number of nitrogens with two attached hydrogens (primary N) is 1. The van der Waals surface area contributed by atoms with Crippen molar-refractivity contribution in [3.8, 4) is 0 Å². The van der Waals surface area contributed by atoms with E-state index in [2.05, 4.69) is 10.2 Å². The van der Waals surface area contributed by atoms with Gasteiger partial charge in [0.25, 0.3) is 0 Å². The highest BCUT2D eigenvalue weighted by atomic mass is 32.2. The Kier molecular flexibility index (Phi) is 6.45. The van der Waals surface area contributed by atoms with Crippen molar-refractivity contribution in [2.45, 2.75) is 13.8 Å². The maximum atomic E-state index is 12.6. The number of hydrogen-bond acceptors (Lipinski definition) is 5. The van der Waals surface area contributed by atoms with Crippen LogP contribution in [-0.2, 0) is 0 Å². The number of amidine groups is 1. The summed E-state index contributed by atoms with van der Waals surface area (Å²) < 4.78 is 5.58. The highest BCUT2D eigenvalue weighted by Gasteiger charge is 2.08. The van der Waals surface area contributed by atoms with Crippen LogP contribution in [0.2, 0.25) is 0 Å². The average Bonchev–Trinajstić information content (AvgIpc) is 2.67. The van der Waals surface area contributed by atoms with Gasteiger partial charge in [0, 0.05) is 5.75 Å². The van der Waals surface area contributed by atoms with Crippen molar-refractivity contribution < 1.29 is 4.42 Å². The van der Waals surface area contributed by atoms with Crippen molar-refractivity contribution in [2.75, 3.05) is 5.75 Å². The summed E-state index contributed by atoms with van der Waals surface area (Å²) in [6.45, 7) is 3.86. The number of fused-ring (bicyclic) bond motifs is 1. The molecular weight excluding hydrogens is 370 g/mol. The van der Waals surface area contributed by atoms with Crippen LogP contribution in [-0.4, -0.2) is 17.1 Å². The van der Waals surface area contributed by atoms with Crippen LogP contribution in [0.5, 0.6) is 0 Å². The fourth-order valence-electron chi connectivity index (χ4n) is 2.79. The second-order valence-electron chi connectivity index (χ2n) is 6.28. The molecule has 0 unspecified atom stereocenters. The van der Waals surface area contributed by atoms with Crippen LogP contribution in [0.15, 0.2) is 74.2 Å². The number of thioether (sulfide) groups is 1. The second kappa shape index (κ2) is 9.19. The van der Waals surface area contributed by atoms with Gasteiger partial charge in [0.05, 0.1) is 17.2 Å². The number of benzene rings is 2. The van der Waals surface area contributed by atoms with E-state index in [1.807, 2.05) is 68.5 Å². The lowest BCUT2D eigenvalue weighted by Crippen LogP contribution is -2.10. The Hall–Kier alpha value is -3.12. The van der Waals surface area contributed by atoms with Crippen molar-refractivity contribution in [2.24, 2.45) is 15.9 Å². The molecule has 0 aliphatic heterocycles. The molecule has 2 aromatic carbocycles. The molecular formula is C22H21N3O2S. The molecule has 142 valence electrons. The second-order valence-corrected chi connectivity index (χ2v) is 7.32. The van der Waals surface area contributed by atoms with Crippen molar-refractivity contribution in [3.63, 3.8) is 0 Å². The van der Waals surface area contributed by atoms with Crippen LogP contribution in [0.1, 0.15) is 22.3 Å². The summed E-state index contributed by atoms with van der Waals surface area (Å²) in [7, 11) is 0. The van der Waals surface area contributed by atoms with Gasteiger partial charge < -0.3 is 10.2 Å². The van der Waals surface area contributed by atoms with Gasteiger partial charge in [-0.15, -0.1) is 5.10 Å². The molecule has 6 heteroatoms. The molecule has 0 saturated carbocycles. The maximum absolute atomic E-state index is 12.6. The van der Waals surface area contributed by atoms with Crippen LogP contribution >= 0.6 is 11.8 Å². The van der Waals surface area contributed by atoms with Gasteiger partial charge in [0.15, 0.2) is 5.17 Å². The zero-order valence-electron chi connectivity index (χ0n) is 15.8. The minimum atomic E-state index is -0.130. The molecule has 28 heavy (non-hydrogen) atoms. The first-order valence-corrected chi connectivity index (χ1v) is 9.77. The Morgan fingerprint density at radius 3 is 2.79 bits per heavy atom. The van der Waals surface area contributed by atoms with E-state index >= 15 is 0 Å². The summed E-state index contributed by atoms with van der Waals surface area (Å²) in [4.78, 5) is 12.6. The van der Waals surface area contributed by atoms with Crippen molar-refractivity contribution in [1.82, 2.24) is 0 Å². The number of aryl methyl sites for hydroxylation is 2. The van der Waals surface area contributed by atoms with Crippen molar-refractivity contribution >= 4 is 40.2 Å². The third-order valence-electron chi connectivity index (χ3n) is 4.04. The molecule has 1 heterocycles. The first-order chi connectivity index (χ1) is 13.5. The van der Waals surface area contributed by atoms with Crippen molar-refractivity contribution in [3.05, 3.63) is 87.3 Å². The van der Waals surface area contributed by atoms with E-state index in [4.69, 9.17) is 10.2 Å². The standard InChI is InChI=1S/C22H21N3O2S/c1-15-11-16(2)20-19(12-15)27-14-18(21(20)26)13-24-25-22(23)28-10-6-9-17-7-4-3-5-8-17/h3-9,11-14H,10H2,1-2H3,(H2,23,25)/b9-6+,24-13-. The fraction of sp³-hybridized carbons (Fsp3) is 0.136. The molecule has 0 bridgehead atoms. The van der Waals surface area contributed by atoms with Gasteiger partial charge in [-0.2, -0.15) is 5.10 Å². The Balaban J connectivity index is 1.65. The molecule has 0 atom stereocenters. The molecule has 1 aromatic heterocycles. The van der Waals surface area contributed by atoms with E-state index in [1.165, 1.54) is 24.2 Å². The van der Waals surface area contributed by atoms with Gasteiger partial charge in [-0.05, 0) is 36.6 Å². The van der Waals surface area contributed by atoms with Gasteiger partial charge in [-0.3, -0.25) is 4.79 Å². The topological polar surface area (TPSA) is 81.0 Å². The maximum Gasteiger partial charge on any atom is 0.201 e. The summed E-state index contributed by atoms with van der Waals surface area (Å²) >= 11 is 1.37. The van der Waals surface area contributed by atoms with Gasteiger partial charge in [0.2, 0.25) is 5.43 Å². The van der Waals surface area contributed by atoms with E-state index in [-0.39, 0.29) is 5.43 Å². The Morgan fingerprint density at radius 2 is 2.00 bits per heavy atom. The summed E-state index contributed by atoms with van der Waals surface area (Å²) in [6, 6.07) is 13.8. The van der Waals surface area contributed by atoms with E-state index in [1.54, 1.807) is 0 Å². The predicted molar refractivity (Wildman–Crippen MR) is 119 cm³/mol. The molecule has 0 aliphatic rings. The third kappa shape index (κ3) is 4.98. The summed E-state index contributed by atoms with van der Waals surface area (Å²) in [5.41, 5.74) is 9.68. The lowest BCUT2D eigenvalue weighted by molar-refractivity contribution is 0.601. The van der Waals surface area contributed by atoms with Gasteiger partial charge >= 0.3 is 0 Å². The van der Waals surface area contributed by atoms with E-state index < -0.39 is 0 Å². The Bertz CT molecular complexity index is 1120. The van der Waals surface area contributed by atoms with Crippen LogP contribution in [0.25, 0.3) is 17.0 Å². The smallest absolute Gasteiger partial charge is 0.201 e. The molecule has 0 amide bonds. The number of nitrogens with zero attached hydrogens (tertiary/aromatic N) is 2. The molecule has 0 fully saturated rings. The van der Waals surface area contributed by atoms with E-state index in [9.17, 15) is 4.79 Å². The minimum absolute atomic E-state index is 0.130. The largest absolute Gasteiger partial charge is 0.463 e. The summed E-state index contributed by atoms with van der Waals surface area (Å²) in [5.74, 6) is 0.677. The molecule has 3 rings (SSSR count). The van der Waals surface area contributed by atoms with Crippen LogP contribution in [0.3, 0.4) is 0 Å². The molecule has 5 nitrogen and oxygen atoms in total. The van der Waals surface area contributed by atoms with Gasteiger partial charge in [0.1, 0.15) is 11.8 Å². The first-order valence-electron chi connectivity index (χ1n) is 8.78. The molecule has 0 saturated heterocycles. The van der Waals surface area contributed by atoms with Crippen LogP contribution < -0.4 is 11.2 Å². The zero-order chi connectivity index (χ0) is 19.9. The monoisotopic (exact) mass is 391 g/mol. The SMILES string of the molecule is Cc1cc(C)c2c(=O)c(/C=N\N=C(\N)SC/C=C/c3ccccc3)coc2c1. The molecule has 0 aliphatic carbocycles. The van der Waals surface area contributed by atoms with Crippen LogP contribution in [0.4, 0.5) is 0 Å². The van der Waals surface area contributed by atoms with Crippen molar-refractivity contribution in [1.29, 1.82) is 0 Å². The van der Waals surface area contributed by atoms with Gasteiger partial charge in [-0.25, -0.2) is 0 Å². The number of rotatable bonds is 5. The number of hydrogen-bond donors (Lipinski definition) is 1. The molecule has 3 aromatic rings. The third-order valence-corrected chi connectivity index (χ3v) is 4.77. The fourth-order valence-corrected chi connectivity index (χ4v) is 3.25. The van der Waals surface area contributed by atoms with Crippen LogP contribution in [0, 0.1) is 13.8 Å². The molecule has 0 spiro atoms. The van der Waals surface area contributed by atoms with E-state index in [0.717, 1.165) is 16.7 Å².